The van der Waals surface area contributed by atoms with E-state index in [4.69, 9.17) is 0 Å². The monoisotopic (exact) mass is 900 g/mol. The molecule has 3 aliphatic carbocycles. The Hall–Kier alpha value is -6.06. The summed E-state index contributed by atoms with van der Waals surface area (Å²) in [5.41, 5.74) is 1.39. The molecule has 0 spiro atoms. The van der Waals surface area contributed by atoms with Crippen molar-refractivity contribution in [2.45, 2.75) is 105 Å². The zero-order valence-electron chi connectivity index (χ0n) is 35.2. The largest absolute Gasteiger partial charge is 0.390 e. The fraction of sp³-hybridized carbons (Fsp3) is 0.533. The average molecular weight is 901 g/mol. The highest BCUT2D eigenvalue weighted by Gasteiger charge is 2.39. The summed E-state index contributed by atoms with van der Waals surface area (Å²) in [7, 11) is 3.66. The van der Waals surface area contributed by atoms with Crippen molar-refractivity contribution in [3.63, 3.8) is 0 Å². The third-order valence-corrected chi connectivity index (χ3v) is 12.5. The molecule has 59 heavy (non-hydrogen) atoms. The highest BCUT2D eigenvalue weighted by molar-refractivity contribution is 14.1. The Balaban J connectivity index is 2.10. The Morgan fingerprint density at radius 1 is 0.508 bits per heavy atom. The number of aliphatic hydroxyl groups is 1. The van der Waals surface area contributed by atoms with E-state index in [9.17, 15) is 52.5 Å². The zero-order chi connectivity index (χ0) is 44.5. The van der Waals surface area contributed by atoms with Crippen molar-refractivity contribution in [2.75, 3.05) is 33.7 Å². The summed E-state index contributed by atoms with van der Waals surface area (Å²) in [4.78, 5) is 3.82. The van der Waals surface area contributed by atoms with Gasteiger partial charge in [-0.3, -0.25) is 0 Å². The van der Waals surface area contributed by atoms with Crippen LogP contribution < -0.4 is 0 Å². The van der Waals surface area contributed by atoms with Gasteiger partial charge in [0.15, 0.2) is 0 Å². The van der Waals surface area contributed by atoms with Crippen molar-refractivity contribution < 1.29 is 5.11 Å². The molecule has 3 rings (SSSR count). The van der Waals surface area contributed by atoms with Gasteiger partial charge in [0.05, 0.1) is 45.2 Å². The first-order valence-corrected chi connectivity index (χ1v) is 20.2. The predicted octanol–water partition coefficient (Wildman–Crippen LogP) is 8.23. The minimum Gasteiger partial charge on any atom is -0.390 e. The molecule has 0 bridgehead atoms. The molecule has 0 amide bonds. The molecule has 14 heteroatoms. The van der Waals surface area contributed by atoms with E-state index in [0.717, 1.165) is 0 Å². The van der Waals surface area contributed by atoms with Crippen molar-refractivity contribution in [3.8, 4) is 54.6 Å². The van der Waals surface area contributed by atoms with Crippen LogP contribution in [0, 0.1) is 118 Å². The molecule has 0 fully saturated rings. The van der Waals surface area contributed by atoms with Crippen molar-refractivity contribution in [1.82, 2.24) is 12.9 Å². The molecular formula is C45H49IN12O. The van der Waals surface area contributed by atoms with Crippen LogP contribution in [0.4, 0.5) is 0 Å². The van der Waals surface area contributed by atoms with Crippen molar-refractivity contribution in [1.29, 1.82) is 47.4 Å². The van der Waals surface area contributed by atoms with E-state index >= 15 is 0 Å². The maximum atomic E-state index is 12.7. The number of nitriles is 9. The van der Waals surface area contributed by atoms with Gasteiger partial charge in [0.25, 0.3) is 0 Å². The van der Waals surface area contributed by atoms with E-state index in [2.05, 4.69) is 41.1 Å². The van der Waals surface area contributed by atoms with E-state index in [0.29, 0.717) is 92.0 Å². The number of rotatable bonds is 12. The predicted molar refractivity (Wildman–Crippen MR) is 227 cm³/mol. The summed E-state index contributed by atoms with van der Waals surface area (Å²) in [6.07, 6.45) is 3.39. The van der Waals surface area contributed by atoms with Crippen LogP contribution in [0.15, 0.2) is 67.2 Å². The number of hydrogen-bond donors (Lipinski definition) is 1. The highest BCUT2D eigenvalue weighted by Crippen LogP contribution is 2.47. The Morgan fingerprint density at radius 2 is 0.780 bits per heavy atom. The summed E-state index contributed by atoms with van der Waals surface area (Å²) in [6.45, 7) is 13.0. The van der Waals surface area contributed by atoms with Crippen LogP contribution in [0.25, 0.3) is 0 Å². The minimum atomic E-state index is -1.35. The minimum absolute atomic E-state index is 0.0971. The summed E-state index contributed by atoms with van der Waals surface area (Å²) in [6, 6.07) is 18.4. The van der Waals surface area contributed by atoms with Crippen LogP contribution in [0.2, 0.25) is 0 Å². The number of hydrogen-bond acceptors (Lipinski definition) is 13. The second kappa shape index (κ2) is 19.1. The molecule has 0 aromatic rings. The van der Waals surface area contributed by atoms with Gasteiger partial charge in [-0.25, -0.2) is 0 Å². The molecule has 1 N–H and O–H groups in total. The number of halogens is 1. The van der Waals surface area contributed by atoms with Crippen molar-refractivity contribution in [2.24, 2.45) is 16.2 Å². The van der Waals surface area contributed by atoms with Crippen molar-refractivity contribution in [3.05, 3.63) is 67.2 Å². The lowest BCUT2D eigenvalue weighted by Crippen LogP contribution is -2.41. The molecular weight excluding hydrogens is 851 g/mol. The highest BCUT2D eigenvalue weighted by atomic mass is 127. The molecule has 0 aromatic heterocycles. The Morgan fingerprint density at radius 3 is 1.07 bits per heavy atom. The second-order valence-electron chi connectivity index (χ2n) is 18.0. The standard InChI is InChI=1S/C45H49IN12O/c1-42(2)15-33(30(21-47)22-48)36(27-53)39(18-42)56(7)12-9-45(59,10-13-57(8)40-19-43(3,4)16-34(37(40)28-54)31(23-49)24-50)11-14-58(46)41-20-44(5,6)17-35(38(41)29-55)32(25-51)26-52/h59H,9-20H2,1-8H3. The van der Waals surface area contributed by atoms with E-state index in [-0.39, 0.29) is 68.9 Å². The molecule has 0 saturated carbocycles. The smallest absolute Gasteiger partial charge is 0.134 e. The molecule has 0 unspecified atom stereocenters. The van der Waals surface area contributed by atoms with Crippen LogP contribution in [0.1, 0.15) is 99.3 Å². The Kier molecular flexibility index (Phi) is 15.3. The first-order chi connectivity index (χ1) is 27.6. The lowest BCUT2D eigenvalue weighted by atomic mass is 9.72. The van der Waals surface area contributed by atoms with Gasteiger partial charge in [-0.1, -0.05) is 41.5 Å². The molecule has 0 aromatic carbocycles. The quantitative estimate of drug-likeness (QED) is 0.110. The lowest BCUT2D eigenvalue weighted by molar-refractivity contribution is 0.00160. The van der Waals surface area contributed by atoms with Crippen LogP contribution >= 0.6 is 22.9 Å². The summed E-state index contributed by atoms with van der Waals surface area (Å²) in [5.74, 6) is 0. The first-order valence-electron chi connectivity index (χ1n) is 19.2. The molecule has 0 radical (unpaired) electrons. The van der Waals surface area contributed by atoms with Crippen LogP contribution in [-0.4, -0.2) is 57.4 Å². The second-order valence-corrected chi connectivity index (χ2v) is 19.2. The third-order valence-electron chi connectivity index (χ3n) is 11.4. The van der Waals surface area contributed by atoms with E-state index in [1.165, 1.54) is 0 Å². The SMILES string of the molecule is CN(CCC(O)(CCN(C)C1=C(C#N)C(=C(C#N)C#N)CC(C)(C)C1)CCN(I)C1=C(C#N)C(=C(C#N)C#N)CC(C)(C)C1)C1=C(C#N)C(=C(C#N)C#N)CC(C)(C)C1. The van der Waals surface area contributed by atoms with Gasteiger partial charge in [0.2, 0.25) is 0 Å². The summed E-state index contributed by atoms with van der Waals surface area (Å²) in [5, 5.41) is 102. The summed E-state index contributed by atoms with van der Waals surface area (Å²) >= 11 is 2.12. The van der Waals surface area contributed by atoms with Crippen LogP contribution in [0.5, 0.6) is 0 Å². The van der Waals surface area contributed by atoms with E-state index < -0.39 is 5.60 Å². The fourth-order valence-electron chi connectivity index (χ4n) is 8.25. The van der Waals surface area contributed by atoms with Crippen LogP contribution in [0.3, 0.4) is 0 Å². The number of nitrogens with zero attached hydrogens (tertiary/aromatic N) is 12. The van der Waals surface area contributed by atoms with Gasteiger partial charge in [0.1, 0.15) is 71.3 Å². The Bertz CT molecular complexity index is 2030. The molecule has 13 nitrogen and oxygen atoms in total. The van der Waals surface area contributed by atoms with Crippen LogP contribution in [-0.2, 0) is 0 Å². The van der Waals surface area contributed by atoms with Gasteiger partial charge >= 0.3 is 0 Å². The molecule has 0 aliphatic heterocycles. The third kappa shape index (κ3) is 11.1. The van der Waals surface area contributed by atoms with Gasteiger partial charge in [-0.2, -0.15) is 47.4 Å². The summed E-state index contributed by atoms with van der Waals surface area (Å²) < 4.78 is 1.88. The van der Waals surface area contributed by atoms with Gasteiger partial charge in [0, 0.05) is 67.5 Å². The first kappa shape index (κ1) is 47.3. The van der Waals surface area contributed by atoms with E-state index in [1.807, 2.05) is 105 Å². The van der Waals surface area contributed by atoms with Gasteiger partial charge in [-0.15, -0.1) is 0 Å². The maximum absolute atomic E-state index is 12.7. The molecule has 0 heterocycles. The number of allylic oxidation sites excluding steroid dienone is 12. The zero-order valence-corrected chi connectivity index (χ0v) is 37.3. The Labute approximate surface area is 363 Å². The molecule has 0 saturated heterocycles. The molecule has 302 valence electrons. The lowest BCUT2D eigenvalue weighted by Gasteiger charge is -2.40. The molecule has 3 aliphatic rings. The topological polar surface area (TPSA) is 244 Å². The average Bonchev–Trinajstić information content (AvgIpc) is 3.18. The maximum Gasteiger partial charge on any atom is 0.134 e. The van der Waals surface area contributed by atoms with Crippen molar-refractivity contribution >= 4 is 22.9 Å². The fourth-order valence-corrected chi connectivity index (χ4v) is 8.90. The van der Waals surface area contributed by atoms with E-state index in [1.54, 1.807) is 0 Å². The normalized spacial score (nSPS) is 17.9. The molecule has 0 atom stereocenters. The van der Waals surface area contributed by atoms with Gasteiger partial charge in [-0.05, 0) is 74.0 Å². The van der Waals surface area contributed by atoms with Gasteiger partial charge < -0.3 is 18.0 Å².